The molecule has 152 valence electrons. The Labute approximate surface area is 175 Å². The van der Waals surface area contributed by atoms with E-state index in [0.717, 1.165) is 0 Å². The summed E-state index contributed by atoms with van der Waals surface area (Å²) in [5.74, 6) is -0.388. The minimum atomic E-state index is -0.943. The van der Waals surface area contributed by atoms with E-state index >= 15 is 0 Å². The molecule has 0 aliphatic carbocycles. The fraction of sp³-hybridized carbons (Fsp3) is 0.160. The van der Waals surface area contributed by atoms with Crippen LogP contribution in [0.15, 0.2) is 78.9 Å². The Hall–Kier alpha value is -3.73. The molecule has 0 saturated carbocycles. The average molecular weight is 402 g/mol. The molecule has 0 spiro atoms. The van der Waals surface area contributed by atoms with E-state index in [1.165, 1.54) is 19.1 Å². The average Bonchev–Trinajstić information content (AvgIpc) is 2.79. The van der Waals surface area contributed by atoms with Crippen LogP contribution in [-0.4, -0.2) is 30.2 Å². The molecule has 0 unspecified atom stereocenters. The number of benzene rings is 3. The molecule has 5 heteroatoms. The number of hydrogen-bond acceptors (Lipinski definition) is 5. The molecule has 0 aliphatic rings. The maximum Gasteiger partial charge on any atom is 0.338 e. The van der Waals surface area contributed by atoms with E-state index in [1.54, 1.807) is 60.7 Å². The number of esters is 1. The van der Waals surface area contributed by atoms with Crippen molar-refractivity contribution in [2.24, 2.45) is 0 Å². The predicted molar refractivity (Wildman–Crippen MR) is 113 cm³/mol. The molecule has 0 bridgehead atoms. The Kier molecular flexibility index (Phi) is 6.75. The number of ether oxygens (including phenoxy) is 2. The van der Waals surface area contributed by atoms with Crippen LogP contribution in [-0.2, 0) is 4.74 Å². The molecule has 3 rings (SSSR count). The second-order valence-corrected chi connectivity index (χ2v) is 6.64. The summed E-state index contributed by atoms with van der Waals surface area (Å²) in [4.78, 5) is 37.4. The maximum atomic E-state index is 12.5. The van der Waals surface area contributed by atoms with Crippen LogP contribution in [0.2, 0.25) is 0 Å². The summed E-state index contributed by atoms with van der Waals surface area (Å²) in [7, 11) is 0. The Balaban J connectivity index is 1.63. The van der Waals surface area contributed by atoms with Crippen molar-refractivity contribution >= 4 is 17.5 Å². The zero-order valence-electron chi connectivity index (χ0n) is 16.8. The lowest BCUT2D eigenvalue weighted by molar-refractivity contribution is 0.0318. The van der Waals surface area contributed by atoms with Crippen LogP contribution in [0, 0.1) is 0 Å². The highest BCUT2D eigenvalue weighted by Gasteiger charge is 2.21. The maximum absolute atomic E-state index is 12.5. The number of ketones is 2. The summed E-state index contributed by atoms with van der Waals surface area (Å²) in [5.41, 5.74) is 1.74. The van der Waals surface area contributed by atoms with Gasteiger partial charge in [-0.15, -0.1) is 0 Å². The summed E-state index contributed by atoms with van der Waals surface area (Å²) in [6.45, 7) is 3.95. The Morgan fingerprint density at radius 3 is 1.87 bits per heavy atom. The van der Waals surface area contributed by atoms with Gasteiger partial charge >= 0.3 is 5.97 Å². The van der Waals surface area contributed by atoms with Gasteiger partial charge in [-0.25, -0.2) is 4.79 Å². The largest absolute Gasteiger partial charge is 0.494 e. The highest BCUT2D eigenvalue weighted by Crippen LogP contribution is 2.16. The minimum Gasteiger partial charge on any atom is -0.494 e. The second kappa shape index (κ2) is 9.65. The van der Waals surface area contributed by atoms with Crippen molar-refractivity contribution in [1.82, 2.24) is 0 Å². The van der Waals surface area contributed by atoms with Gasteiger partial charge in [-0.3, -0.25) is 9.59 Å². The molecule has 0 N–H and O–H groups in total. The van der Waals surface area contributed by atoms with Gasteiger partial charge in [0.1, 0.15) is 5.75 Å². The van der Waals surface area contributed by atoms with E-state index in [1.807, 2.05) is 13.0 Å². The van der Waals surface area contributed by atoms with Crippen molar-refractivity contribution < 1.29 is 23.9 Å². The van der Waals surface area contributed by atoms with E-state index in [4.69, 9.17) is 9.47 Å². The topological polar surface area (TPSA) is 69.7 Å². The molecule has 0 fully saturated rings. The summed E-state index contributed by atoms with van der Waals surface area (Å²) < 4.78 is 10.7. The SMILES string of the molecule is CCOc1ccc(C(=O)[C@H](C)OC(=O)c2ccc(C(=O)c3ccccc3)cc2)cc1. The first-order valence-corrected chi connectivity index (χ1v) is 9.67. The van der Waals surface area contributed by atoms with Crippen LogP contribution in [0.3, 0.4) is 0 Å². The molecule has 3 aromatic carbocycles. The third-order valence-electron chi connectivity index (χ3n) is 4.52. The smallest absolute Gasteiger partial charge is 0.338 e. The second-order valence-electron chi connectivity index (χ2n) is 6.64. The van der Waals surface area contributed by atoms with Gasteiger partial charge in [0.2, 0.25) is 5.78 Å². The zero-order chi connectivity index (χ0) is 21.5. The van der Waals surface area contributed by atoms with Crippen molar-refractivity contribution in [3.63, 3.8) is 0 Å². The van der Waals surface area contributed by atoms with Crippen LogP contribution in [0.4, 0.5) is 0 Å². The molecule has 5 nitrogen and oxygen atoms in total. The van der Waals surface area contributed by atoms with E-state index in [-0.39, 0.29) is 17.1 Å². The monoisotopic (exact) mass is 402 g/mol. The van der Waals surface area contributed by atoms with E-state index < -0.39 is 12.1 Å². The molecule has 0 aliphatic heterocycles. The Bertz CT molecular complexity index is 1020. The van der Waals surface area contributed by atoms with Crippen molar-refractivity contribution in [1.29, 1.82) is 0 Å². The van der Waals surface area contributed by atoms with Gasteiger partial charge in [-0.05, 0) is 50.2 Å². The third-order valence-corrected chi connectivity index (χ3v) is 4.52. The molecular formula is C25H22O5. The molecule has 0 amide bonds. The summed E-state index contributed by atoms with van der Waals surface area (Å²) in [6.07, 6.45) is -0.943. The first-order valence-electron chi connectivity index (χ1n) is 9.67. The quantitative estimate of drug-likeness (QED) is 0.402. The van der Waals surface area contributed by atoms with Crippen LogP contribution >= 0.6 is 0 Å². The molecule has 30 heavy (non-hydrogen) atoms. The van der Waals surface area contributed by atoms with Crippen molar-refractivity contribution in [3.8, 4) is 5.75 Å². The molecule has 0 radical (unpaired) electrons. The zero-order valence-corrected chi connectivity index (χ0v) is 16.8. The van der Waals surface area contributed by atoms with E-state index in [2.05, 4.69) is 0 Å². The lowest BCUT2D eigenvalue weighted by Gasteiger charge is -2.13. The molecule has 1 atom stereocenters. The van der Waals surface area contributed by atoms with Gasteiger partial charge < -0.3 is 9.47 Å². The van der Waals surface area contributed by atoms with Gasteiger partial charge in [0, 0.05) is 16.7 Å². The normalized spacial score (nSPS) is 11.4. The Morgan fingerprint density at radius 2 is 1.27 bits per heavy atom. The number of Topliss-reactive ketones (excluding diaryl/α,β-unsaturated/α-hetero) is 1. The number of rotatable bonds is 8. The lowest BCUT2D eigenvalue weighted by Crippen LogP contribution is -2.24. The first kappa shape index (κ1) is 21.0. The van der Waals surface area contributed by atoms with Crippen LogP contribution in [0.5, 0.6) is 5.75 Å². The van der Waals surface area contributed by atoms with E-state index in [0.29, 0.717) is 29.0 Å². The molecule has 0 heterocycles. The molecule has 3 aromatic rings. The Morgan fingerprint density at radius 1 is 0.733 bits per heavy atom. The number of carbonyl (C=O) groups excluding carboxylic acids is 3. The summed E-state index contributed by atoms with van der Waals surface area (Å²) >= 11 is 0. The number of carbonyl (C=O) groups is 3. The van der Waals surface area contributed by atoms with Crippen molar-refractivity contribution in [2.75, 3.05) is 6.61 Å². The minimum absolute atomic E-state index is 0.130. The van der Waals surface area contributed by atoms with Gasteiger partial charge in [0.15, 0.2) is 11.9 Å². The predicted octanol–water partition coefficient (Wildman–Crippen LogP) is 4.74. The first-order chi connectivity index (χ1) is 14.5. The van der Waals surface area contributed by atoms with Crippen molar-refractivity contribution in [3.05, 3.63) is 101 Å². The summed E-state index contributed by atoms with van der Waals surface area (Å²) in [6, 6.07) is 21.8. The molecular weight excluding hydrogens is 380 g/mol. The highest BCUT2D eigenvalue weighted by atomic mass is 16.5. The van der Waals surface area contributed by atoms with Gasteiger partial charge in [-0.2, -0.15) is 0 Å². The van der Waals surface area contributed by atoms with E-state index in [9.17, 15) is 14.4 Å². The van der Waals surface area contributed by atoms with Gasteiger partial charge in [-0.1, -0.05) is 42.5 Å². The fourth-order valence-corrected chi connectivity index (χ4v) is 2.91. The van der Waals surface area contributed by atoms with Gasteiger partial charge in [0.25, 0.3) is 0 Å². The van der Waals surface area contributed by atoms with Crippen LogP contribution in [0.25, 0.3) is 0 Å². The summed E-state index contributed by atoms with van der Waals surface area (Å²) in [5, 5.41) is 0. The molecule has 0 aromatic heterocycles. The lowest BCUT2D eigenvalue weighted by atomic mass is 10.0. The highest BCUT2D eigenvalue weighted by molar-refractivity contribution is 6.09. The molecule has 0 saturated heterocycles. The third kappa shape index (κ3) is 5.00. The van der Waals surface area contributed by atoms with Crippen molar-refractivity contribution in [2.45, 2.75) is 20.0 Å². The van der Waals surface area contributed by atoms with Crippen LogP contribution < -0.4 is 4.74 Å². The van der Waals surface area contributed by atoms with Crippen LogP contribution in [0.1, 0.15) is 50.5 Å². The van der Waals surface area contributed by atoms with Gasteiger partial charge in [0.05, 0.1) is 12.2 Å². The fourth-order valence-electron chi connectivity index (χ4n) is 2.91. The standard InChI is InChI=1S/C25H22O5/c1-3-29-22-15-13-19(14-16-22)23(26)17(2)30-25(28)21-11-9-20(10-12-21)24(27)18-7-5-4-6-8-18/h4-17H,3H2,1-2H3/t17-/m0/s1. The number of hydrogen-bond donors (Lipinski definition) is 0.